The van der Waals surface area contributed by atoms with Gasteiger partial charge < -0.3 is 4.74 Å². The Morgan fingerprint density at radius 1 is 1.18 bits per heavy atom. The zero-order valence-corrected chi connectivity index (χ0v) is 8.49. The van der Waals surface area contributed by atoms with E-state index in [0.717, 1.165) is 0 Å². The number of ether oxygens (including phenoxy) is 1. The molecular weight excluding hydrogens is 278 g/mol. The molecule has 17 heavy (non-hydrogen) atoms. The summed E-state index contributed by atoms with van der Waals surface area (Å²) in [6, 6.07) is -0.875. The molecule has 96 valence electrons. The molecule has 0 bridgehead atoms. The average molecular weight is 281 g/mol. The van der Waals surface area contributed by atoms with Crippen molar-refractivity contribution in [2.24, 2.45) is 0 Å². The summed E-state index contributed by atoms with van der Waals surface area (Å²) in [4.78, 5) is 5.93. The van der Waals surface area contributed by atoms with E-state index in [2.05, 4.69) is 14.7 Å². The van der Waals surface area contributed by atoms with Crippen molar-refractivity contribution >= 4 is 11.6 Å². The predicted molar refractivity (Wildman–Crippen MR) is 43.6 cm³/mol. The molecule has 0 aliphatic carbocycles. The van der Waals surface area contributed by atoms with E-state index in [0.29, 0.717) is 0 Å². The van der Waals surface area contributed by atoms with Crippen LogP contribution in [-0.4, -0.2) is 22.8 Å². The first-order chi connectivity index (χ1) is 7.59. The zero-order chi connectivity index (χ0) is 13.3. The Morgan fingerprint density at radius 3 is 2.18 bits per heavy atom. The van der Waals surface area contributed by atoms with Gasteiger partial charge in [-0.05, 0) is 0 Å². The van der Waals surface area contributed by atoms with Crippen molar-refractivity contribution in [2.45, 2.75) is 12.4 Å². The molecule has 1 heterocycles. The first-order valence-electron chi connectivity index (χ1n) is 3.89. The van der Waals surface area contributed by atoms with E-state index in [4.69, 9.17) is 11.6 Å². The number of nitrogens with zero attached hydrogens (tertiary/aromatic N) is 2. The van der Waals surface area contributed by atoms with Crippen LogP contribution < -0.4 is 4.74 Å². The highest BCUT2D eigenvalue weighted by Crippen LogP contribution is 2.33. The Hall–Kier alpha value is -1.25. The van der Waals surface area contributed by atoms with E-state index in [1.807, 2.05) is 0 Å². The number of aromatic nitrogens is 2. The summed E-state index contributed by atoms with van der Waals surface area (Å²) in [6.07, 6.45) is -9.17. The molecule has 0 aromatic carbocycles. The van der Waals surface area contributed by atoms with Crippen LogP contribution in [0.3, 0.4) is 0 Å². The Kier molecular flexibility index (Phi) is 3.70. The Morgan fingerprint density at radius 2 is 1.76 bits per heavy atom. The molecule has 0 radical (unpaired) electrons. The molecule has 0 atom stereocenters. The van der Waals surface area contributed by atoms with E-state index < -0.39 is 35.7 Å². The lowest BCUT2D eigenvalue weighted by molar-refractivity contribution is -0.155. The van der Waals surface area contributed by atoms with E-state index >= 15 is 0 Å². The molecule has 0 unspecified atom stereocenters. The maximum atomic E-state index is 12.2. The molecule has 1 aromatic rings. The lowest BCUT2D eigenvalue weighted by Gasteiger charge is -2.10. The van der Waals surface area contributed by atoms with Gasteiger partial charge in [0.15, 0.2) is 6.61 Å². The maximum absolute atomic E-state index is 12.2. The van der Waals surface area contributed by atoms with Gasteiger partial charge >= 0.3 is 18.4 Å². The summed E-state index contributed by atoms with van der Waals surface area (Å²) in [7, 11) is 0. The normalized spacial score (nSPS) is 12.6. The SMILES string of the molecule is FC(F)(F)COc1ncc(C(F)(F)F)c(Cl)n1. The van der Waals surface area contributed by atoms with Gasteiger partial charge in [0, 0.05) is 6.20 Å². The predicted octanol–water partition coefficient (Wildman–Crippen LogP) is 3.09. The largest absolute Gasteiger partial charge is 0.454 e. The first kappa shape index (κ1) is 13.8. The fraction of sp³-hybridized carbons (Fsp3) is 0.429. The van der Waals surface area contributed by atoms with Crippen LogP contribution in [0.15, 0.2) is 6.20 Å². The van der Waals surface area contributed by atoms with Gasteiger partial charge in [-0.1, -0.05) is 11.6 Å². The number of halogens is 7. The molecule has 0 aliphatic rings. The van der Waals surface area contributed by atoms with Gasteiger partial charge in [-0.3, -0.25) is 0 Å². The first-order valence-corrected chi connectivity index (χ1v) is 4.26. The highest BCUT2D eigenvalue weighted by atomic mass is 35.5. The number of hydrogen-bond donors (Lipinski definition) is 0. The van der Waals surface area contributed by atoms with Gasteiger partial charge in [0.25, 0.3) is 0 Å². The van der Waals surface area contributed by atoms with E-state index in [1.54, 1.807) is 0 Å². The van der Waals surface area contributed by atoms with Crippen LogP contribution in [0, 0.1) is 0 Å². The smallest absolute Gasteiger partial charge is 0.422 e. The highest BCUT2D eigenvalue weighted by molar-refractivity contribution is 6.30. The van der Waals surface area contributed by atoms with Crippen molar-refractivity contribution in [2.75, 3.05) is 6.61 Å². The summed E-state index contributed by atoms with van der Waals surface area (Å²) < 4.78 is 75.7. The molecule has 0 fully saturated rings. The molecule has 1 aromatic heterocycles. The van der Waals surface area contributed by atoms with Crippen molar-refractivity contribution in [3.05, 3.63) is 16.9 Å². The Labute approximate surface area is 95.4 Å². The van der Waals surface area contributed by atoms with Gasteiger partial charge in [0.05, 0.1) is 0 Å². The molecule has 3 nitrogen and oxygen atoms in total. The number of rotatable bonds is 2. The van der Waals surface area contributed by atoms with Crippen molar-refractivity contribution in [3.8, 4) is 6.01 Å². The van der Waals surface area contributed by atoms with Crippen molar-refractivity contribution < 1.29 is 31.1 Å². The third kappa shape index (κ3) is 4.25. The molecule has 0 amide bonds. The van der Waals surface area contributed by atoms with E-state index in [-0.39, 0.29) is 6.20 Å². The summed E-state index contributed by atoms with van der Waals surface area (Å²) in [5, 5.41) is -1.02. The summed E-state index contributed by atoms with van der Waals surface area (Å²) >= 11 is 5.13. The van der Waals surface area contributed by atoms with Gasteiger partial charge in [-0.15, -0.1) is 0 Å². The van der Waals surface area contributed by atoms with Gasteiger partial charge in [0.2, 0.25) is 0 Å². The van der Waals surface area contributed by atoms with Crippen LogP contribution >= 0.6 is 11.6 Å². The van der Waals surface area contributed by atoms with Crippen LogP contribution in [0.2, 0.25) is 5.15 Å². The van der Waals surface area contributed by atoms with Gasteiger partial charge in [-0.25, -0.2) is 4.98 Å². The van der Waals surface area contributed by atoms with Crippen LogP contribution in [0.4, 0.5) is 26.3 Å². The summed E-state index contributed by atoms with van der Waals surface area (Å²) in [5.74, 6) is 0. The third-order valence-electron chi connectivity index (χ3n) is 1.39. The van der Waals surface area contributed by atoms with Crippen LogP contribution in [0.5, 0.6) is 6.01 Å². The lowest BCUT2D eigenvalue weighted by Crippen LogP contribution is -2.20. The number of hydrogen-bond acceptors (Lipinski definition) is 3. The van der Waals surface area contributed by atoms with Gasteiger partial charge in [0.1, 0.15) is 10.7 Å². The Bertz CT molecular complexity index is 404. The third-order valence-corrected chi connectivity index (χ3v) is 1.68. The second-order valence-corrected chi connectivity index (χ2v) is 3.12. The standard InChI is InChI=1S/C7H3ClF6N2O/c8-4-3(7(12,13)14)1-15-5(16-4)17-2-6(9,10)11/h1H,2H2. The van der Waals surface area contributed by atoms with Crippen LogP contribution in [-0.2, 0) is 6.18 Å². The minimum absolute atomic E-state index is 0.251. The quantitative estimate of drug-likeness (QED) is 0.617. The van der Waals surface area contributed by atoms with Crippen LogP contribution in [0.1, 0.15) is 5.56 Å². The molecule has 0 N–H and O–H groups in total. The van der Waals surface area contributed by atoms with Crippen molar-refractivity contribution in [1.82, 2.24) is 9.97 Å². The maximum Gasteiger partial charge on any atom is 0.422 e. The zero-order valence-electron chi connectivity index (χ0n) is 7.73. The molecule has 1 rings (SSSR count). The molecule has 0 saturated heterocycles. The average Bonchev–Trinajstić information content (AvgIpc) is 2.11. The second kappa shape index (κ2) is 4.55. The van der Waals surface area contributed by atoms with Gasteiger partial charge in [-0.2, -0.15) is 31.3 Å². The van der Waals surface area contributed by atoms with Crippen molar-refractivity contribution in [3.63, 3.8) is 0 Å². The van der Waals surface area contributed by atoms with E-state index in [9.17, 15) is 26.3 Å². The minimum atomic E-state index is -4.78. The Balaban J connectivity index is 2.83. The number of alkyl halides is 6. The lowest BCUT2D eigenvalue weighted by atomic mass is 10.3. The second-order valence-electron chi connectivity index (χ2n) is 2.76. The highest BCUT2D eigenvalue weighted by Gasteiger charge is 2.35. The van der Waals surface area contributed by atoms with E-state index in [1.165, 1.54) is 0 Å². The molecule has 0 aliphatic heterocycles. The summed E-state index contributed by atoms with van der Waals surface area (Å²) in [5.41, 5.74) is -1.35. The molecular formula is C7H3ClF6N2O. The van der Waals surface area contributed by atoms with Crippen LogP contribution in [0.25, 0.3) is 0 Å². The molecule has 10 heteroatoms. The topological polar surface area (TPSA) is 35.0 Å². The monoisotopic (exact) mass is 280 g/mol. The molecule has 0 spiro atoms. The van der Waals surface area contributed by atoms with Crippen molar-refractivity contribution in [1.29, 1.82) is 0 Å². The fourth-order valence-electron chi connectivity index (χ4n) is 0.752. The molecule has 0 saturated carbocycles. The summed E-state index contributed by atoms with van der Waals surface area (Å²) in [6.45, 7) is -1.71. The minimum Gasteiger partial charge on any atom is -0.454 e. The fourth-order valence-corrected chi connectivity index (χ4v) is 0.980.